The maximum atomic E-state index is 9.16. The summed E-state index contributed by atoms with van der Waals surface area (Å²) in [5.41, 5.74) is 2.13. The monoisotopic (exact) mass is 223 g/mol. The van der Waals surface area contributed by atoms with Gasteiger partial charge in [0.25, 0.3) is 0 Å². The average molecular weight is 223 g/mol. The summed E-state index contributed by atoms with van der Waals surface area (Å²) >= 11 is 0. The number of anilines is 1. The molecule has 0 heterocycles. The number of hydrogen-bond acceptors (Lipinski definition) is 3. The zero-order valence-corrected chi connectivity index (χ0v) is 10.5. The van der Waals surface area contributed by atoms with E-state index in [0.29, 0.717) is 0 Å². The van der Waals surface area contributed by atoms with E-state index in [1.54, 1.807) is 7.11 Å². The molecule has 16 heavy (non-hydrogen) atoms. The summed E-state index contributed by atoms with van der Waals surface area (Å²) in [4.78, 5) is 0. The van der Waals surface area contributed by atoms with Crippen LogP contribution in [0, 0.1) is 12.3 Å². The second-order valence-corrected chi connectivity index (χ2v) is 4.86. The molecular formula is C13H21NO2. The first-order valence-electron chi connectivity index (χ1n) is 5.48. The van der Waals surface area contributed by atoms with E-state index >= 15 is 0 Å². The molecule has 0 aromatic heterocycles. The standard InChI is InChI=1S/C13H21NO2/c1-10-7-11(16-4)5-6-12(10)14-8-13(2,3)9-15/h5-7,14-15H,8-9H2,1-4H3. The average Bonchev–Trinajstić information content (AvgIpc) is 2.27. The van der Waals surface area contributed by atoms with Crippen molar-refractivity contribution in [2.24, 2.45) is 5.41 Å². The Hall–Kier alpha value is -1.22. The first-order chi connectivity index (χ1) is 7.48. The van der Waals surface area contributed by atoms with Gasteiger partial charge in [0.2, 0.25) is 0 Å². The zero-order chi connectivity index (χ0) is 12.2. The van der Waals surface area contributed by atoms with Crippen LogP contribution in [0.15, 0.2) is 18.2 Å². The summed E-state index contributed by atoms with van der Waals surface area (Å²) < 4.78 is 5.15. The van der Waals surface area contributed by atoms with E-state index < -0.39 is 0 Å². The van der Waals surface area contributed by atoms with Crippen molar-refractivity contribution in [3.8, 4) is 5.75 Å². The summed E-state index contributed by atoms with van der Waals surface area (Å²) in [7, 11) is 1.66. The summed E-state index contributed by atoms with van der Waals surface area (Å²) in [6, 6.07) is 5.93. The number of benzene rings is 1. The van der Waals surface area contributed by atoms with Crippen LogP contribution in [-0.2, 0) is 0 Å². The lowest BCUT2D eigenvalue weighted by Gasteiger charge is -2.23. The minimum atomic E-state index is -0.105. The number of rotatable bonds is 5. The van der Waals surface area contributed by atoms with Gasteiger partial charge in [-0.25, -0.2) is 0 Å². The third kappa shape index (κ3) is 3.42. The van der Waals surface area contributed by atoms with Crippen LogP contribution in [0.4, 0.5) is 5.69 Å². The SMILES string of the molecule is COc1ccc(NCC(C)(C)CO)c(C)c1. The van der Waals surface area contributed by atoms with Crippen LogP contribution in [0.3, 0.4) is 0 Å². The van der Waals surface area contributed by atoms with Crippen molar-refractivity contribution in [2.45, 2.75) is 20.8 Å². The molecule has 0 unspecified atom stereocenters. The minimum Gasteiger partial charge on any atom is -0.497 e. The van der Waals surface area contributed by atoms with Gasteiger partial charge in [-0.3, -0.25) is 0 Å². The van der Waals surface area contributed by atoms with Gasteiger partial charge in [-0.2, -0.15) is 0 Å². The maximum absolute atomic E-state index is 9.16. The van der Waals surface area contributed by atoms with Crippen molar-refractivity contribution in [1.82, 2.24) is 0 Å². The molecule has 0 radical (unpaired) electrons. The molecule has 1 aromatic carbocycles. The van der Waals surface area contributed by atoms with Crippen LogP contribution < -0.4 is 10.1 Å². The van der Waals surface area contributed by atoms with Crippen LogP contribution in [0.2, 0.25) is 0 Å². The van der Waals surface area contributed by atoms with Gasteiger partial charge < -0.3 is 15.2 Å². The molecule has 0 aliphatic rings. The van der Waals surface area contributed by atoms with Gasteiger partial charge in [-0.1, -0.05) is 13.8 Å². The molecule has 3 heteroatoms. The Labute approximate surface area is 97.4 Å². The number of methoxy groups -OCH3 is 1. The Morgan fingerprint density at radius 2 is 2.06 bits per heavy atom. The predicted octanol–water partition coefficient (Wildman–Crippen LogP) is 2.43. The number of nitrogens with one attached hydrogen (secondary N) is 1. The van der Waals surface area contributed by atoms with Crippen LogP contribution in [-0.4, -0.2) is 25.4 Å². The highest BCUT2D eigenvalue weighted by Crippen LogP contribution is 2.22. The predicted molar refractivity (Wildman–Crippen MR) is 67.1 cm³/mol. The molecule has 90 valence electrons. The minimum absolute atomic E-state index is 0.105. The number of aryl methyl sites for hydroxylation is 1. The van der Waals surface area contributed by atoms with E-state index in [4.69, 9.17) is 9.84 Å². The van der Waals surface area contributed by atoms with Crippen LogP contribution in [0.5, 0.6) is 5.75 Å². The van der Waals surface area contributed by atoms with Crippen LogP contribution in [0.1, 0.15) is 19.4 Å². The lowest BCUT2D eigenvalue weighted by Crippen LogP contribution is -2.27. The van der Waals surface area contributed by atoms with E-state index in [0.717, 1.165) is 23.5 Å². The third-order valence-electron chi connectivity index (χ3n) is 2.62. The second kappa shape index (κ2) is 5.21. The fourth-order valence-corrected chi connectivity index (χ4v) is 1.35. The first kappa shape index (κ1) is 12.8. The van der Waals surface area contributed by atoms with Crippen molar-refractivity contribution in [3.05, 3.63) is 23.8 Å². The number of aliphatic hydroxyl groups excluding tert-OH is 1. The quantitative estimate of drug-likeness (QED) is 0.805. The molecule has 0 aliphatic carbocycles. The molecule has 1 aromatic rings. The fraction of sp³-hybridized carbons (Fsp3) is 0.538. The zero-order valence-electron chi connectivity index (χ0n) is 10.5. The van der Waals surface area contributed by atoms with Crippen LogP contribution >= 0.6 is 0 Å². The van der Waals surface area contributed by atoms with Crippen molar-refractivity contribution >= 4 is 5.69 Å². The Morgan fingerprint density at radius 3 is 2.56 bits per heavy atom. The highest BCUT2D eigenvalue weighted by Gasteiger charge is 2.16. The van der Waals surface area contributed by atoms with Crippen LogP contribution in [0.25, 0.3) is 0 Å². The smallest absolute Gasteiger partial charge is 0.119 e. The normalized spacial score (nSPS) is 11.3. The molecule has 1 rings (SSSR count). The van der Waals surface area contributed by atoms with E-state index in [-0.39, 0.29) is 12.0 Å². The molecule has 0 spiro atoms. The largest absolute Gasteiger partial charge is 0.497 e. The van der Waals surface area contributed by atoms with Gasteiger partial charge in [0, 0.05) is 24.3 Å². The maximum Gasteiger partial charge on any atom is 0.119 e. The molecule has 3 nitrogen and oxygen atoms in total. The number of ether oxygens (including phenoxy) is 1. The molecule has 0 atom stereocenters. The molecule has 0 saturated heterocycles. The lowest BCUT2D eigenvalue weighted by atomic mass is 9.95. The Balaban J connectivity index is 2.68. The molecule has 0 fully saturated rings. The first-order valence-corrected chi connectivity index (χ1v) is 5.48. The molecule has 0 amide bonds. The van der Waals surface area contributed by atoms with Gasteiger partial charge in [0.1, 0.15) is 5.75 Å². The Bertz CT molecular complexity index is 348. The molecule has 0 saturated carbocycles. The molecule has 0 aliphatic heterocycles. The van der Waals surface area contributed by atoms with Gasteiger partial charge in [0.15, 0.2) is 0 Å². The summed E-state index contributed by atoms with van der Waals surface area (Å²) in [5, 5.41) is 12.5. The number of aliphatic hydroxyl groups is 1. The molecule has 0 bridgehead atoms. The van der Waals surface area contributed by atoms with Gasteiger partial charge >= 0.3 is 0 Å². The summed E-state index contributed by atoms with van der Waals surface area (Å²) in [5.74, 6) is 0.865. The second-order valence-electron chi connectivity index (χ2n) is 4.86. The Morgan fingerprint density at radius 1 is 1.38 bits per heavy atom. The van der Waals surface area contributed by atoms with E-state index in [9.17, 15) is 0 Å². The van der Waals surface area contributed by atoms with Gasteiger partial charge in [-0.15, -0.1) is 0 Å². The van der Waals surface area contributed by atoms with Crippen molar-refractivity contribution in [2.75, 3.05) is 25.6 Å². The van der Waals surface area contributed by atoms with E-state index in [2.05, 4.69) is 5.32 Å². The molecule has 2 N–H and O–H groups in total. The summed E-state index contributed by atoms with van der Waals surface area (Å²) in [6.07, 6.45) is 0. The third-order valence-corrected chi connectivity index (χ3v) is 2.62. The van der Waals surface area contributed by atoms with Crippen molar-refractivity contribution in [3.63, 3.8) is 0 Å². The highest BCUT2D eigenvalue weighted by atomic mass is 16.5. The Kier molecular flexibility index (Phi) is 4.19. The highest BCUT2D eigenvalue weighted by molar-refractivity contribution is 5.53. The van der Waals surface area contributed by atoms with Gasteiger partial charge in [0.05, 0.1) is 7.11 Å². The van der Waals surface area contributed by atoms with E-state index in [1.807, 2.05) is 39.0 Å². The number of hydrogen-bond donors (Lipinski definition) is 2. The van der Waals surface area contributed by atoms with Gasteiger partial charge in [-0.05, 0) is 30.7 Å². The lowest BCUT2D eigenvalue weighted by molar-refractivity contribution is 0.171. The summed E-state index contributed by atoms with van der Waals surface area (Å²) in [6.45, 7) is 7.01. The molecular weight excluding hydrogens is 202 g/mol. The fourth-order valence-electron chi connectivity index (χ4n) is 1.35. The topological polar surface area (TPSA) is 41.5 Å². The van der Waals surface area contributed by atoms with Crippen molar-refractivity contribution in [1.29, 1.82) is 0 Å². The van der Waals surface area contributed by atoms with E-state index in [1.165, 1.54) is 0 Å². The van der Waals surface area contributed by atoms with Crippen molar-refractivity contribution < 1.29 is 9.84 Å².